The van der Waals surface area contributed by atoms with E-state index in [1.807, 2.05) is 0 Å². The van der Waals surface area contributed by atoms with E-state index in [0.29, 0.717) is 12.1 Å². The summed E-state index contributed by atoms with van der Waals surface area (Å²) in [7, 11) is -2.25. The van der Waals surface area contributed by atoms with Crippen LogP contribution in [0.4, 0.5) is 4.39 Å². The molecule has 0 saturated carbocycles. The molecule has 108 valence electrons. The Balaban J connectivity index is 2.16. The molecule has 1 heterocycles. The lowest BCUT2D eigenvalue weighted by atomic mass is 10.2. The Morgan fingerprint density at radius 2 is 2.15 bits per heavy atom. The van der Waals surface area contributed by atoms with Crippen molar-refractivity contribution in [2.45, 2.75) is 18.0 Å². The number of nitrogens with zero attached hydrogens (tertiary/aromatic N) is 3. The van der Waals surface area contributed by atoms with Crippen molar-refractivity contribution < 1.29 is 12.8 Å². The van der Waals surface area contributed by atoms with Crippen molar-refractivity contribution in [1.82, 2.24) is 30.7 Å². The maximum Gasteiger partial charge on any atom is 0.243 e. The van der Waals surface area contributed by atoms with Gasteiger partial charge in [-0.1, -0.05) is 11.3 Å². The van der Waals surface area contributed by atoms with Crippen LogP contribution in [0.1, 0.15) is 11.4 Å². The summed E-state index contributed by atoms with van der Waals surface area (Å²) in [5.74, 6) is -0.640. The summed E-state index contributed by atoms with van der Waals surface area (Å²) in [6, 6.07) is 3.95. The normalized spacial score (nSPS) is 11.7. The molecule has 0 atom stereocenters. The average Bonchev–Trinajstić information content (AvgIpc) is 2.90. The van der Waals surface area contributed by atoms with Gasteiger partial charge in [0, 0.05) is 6.54 Å². The third-order valence-electron chi connectivity index (χ3n) is 2.48. The second kappa shape index (κ2) is 6.03. The fraction of sp³-hybridized carbons (Fsp3) is 0.300. The number of hydrogen-bond donors (Lipinski definition) is 3. The van der Waals surface area contributed by atoms with Crippen molar-refractivity contribution >= 4 is 10.0 Å². The number of aromatic nitrogens is 4. The van der Waals surface area contributed by atoms with Gasteiger partial charge in [0.25, 0.3) is 0 Å². The van der Waals surface area contributed by atoms with Gasteiger partial charge in [-0.05, 0) is 24.7 Å². The molecule has 0 unspecified atom stereocenters. The topological polar surface area (TPSA) is 113 Å². The maximum absolute atomic E-state index is 13.8. The molecule has 0 bridgehead atoms. The van der Waals surface area contributed by atoms with Crippen molar-refractivity contribution in [3.8, 4) is 0 Å². The first-order valence-electron chi connectivity index (χ1n) is 5.68. The van der Waals surface area contributed by atoms with Crippen LogP contribution in [0.3, 0.4) is 0 Å². The second-order valence-electron chi connectivity index (χ2n) is 3.95. The molecule has 0 aliphatic rings. The van der Waals surface area contributed by atoms with E-state index in [-0.39, 0.29) is 12.4 Å². The molecule has 1 aromatic carbocycles. The summed E-state index contributed by atoms with van der Waals surface area (Å²) in [5.41, 5.74) is 0.655. The molecule has 0 fully saturated rings. The summed E-state index contributed by atoms with van der Waals surface area (Å²) < 4.78 is 40.0. The number of benzene rings is 1. The Hall–Kier alpha value is -1.91. The van der Waals surface area contributed by atoms with Crippen LogP contribution in [0.15, 0.2) is 23.1 Å². The highest BCUT2D eigenvalue weighted by Crippen LogP contribution is 2.16. The molecule has 0 radical (unpaired) electrons. The zero-order chi connectivity index (χ0) is 14.6. The number of hydrogen-bond acceptors (Lipinski definition) is 6. The van der Waals surface area contributed by atoms with Crippen LogP contribution in [-0.2, 0) is 23.1 Å². The Bertz CT molecular complexity index is 673. The lowest BCUT2D eigenvalue weighted by molar-refractivity contribution is 0.554. The predicted octanol–water partition coefficient (Wildman–Crippen LogP) is -0.463. The fourth-order valence-corrected chi connectivity index (χ4v) is 2.61. The van der Waals surface area contributed by atoms with Gasteiger partial charge in [-0.3, -0.25) is 0 Å². The van der Waals surface area contributed by atoms with E-state index in [1.54, 1.807) is 13.1 Å². The lowest BCUT2D eigenvalue weighted by Gasteiger charge is -2.07. The van der Waals surface area contributed by atoms with Gasteiger partial charge in [0.2, 0.25) is 10.0 Å². The Morgan fingerprint density at radius 3 is 2.75 bits per heavy atom. The van der Waals surface area contributed by atoms with Crippen molar-refractivity contribution in [1.29, 1.82) is 0 Å². The Morgan fingerprint density at radius 1 is 1.35 bits per heavy atom. The summed E-state index contributed by atoms with van der Waals surface area (Å²) in [6.45, 7) is 0.282. The van der Waals surface area contributed by atoms with Gasteiger partial charge in [-0.15, -0.1) is 10.2 Å². The summed E-state index contributed by atoms with van der Waals surface area (Å²) in [6.07, 6.45) is 0. The lowest BCUT2D eigenvalue weighted by Crippen LogP contribution is -2.25. The highest BCUT2D eigenvalue weighted by atomic mass is 32.2. The van der Waals surface area contributed by atoms with Crippen molar-refractivity contribution in [2.75, 3.05) is 7.05 Å². The fourth-order valence-electron chi connectivity index (χ4n) is 1.57. The molecule has 0 amide bonds. The van der Waals surface area contributed by atoms with Crippen LogP contribution in [0.5, 0.6) is 0 Å². The number of rotatable bonds is 6. The van der Waals surface area contributed by atoms with Crippen LogP contribution in [0, 0.1) is 5.82 Å². The molecule has 3 N–H and O–H groups in total. The van der Waals surface area contributed by atoms with Crippen molar-refractivity contribution in [2.24, 2.45) is 0 Å². The van der Waals surface area contributed by atoms with Crippen molar-refractivity contribution in [3.63, 3.8) is 0 Å². The molecule has 20 heavy (non-hydrogen) atoms. The minimum absolute atomic E-state index is 0.167. The minimum Gasteiger partial charge on any atom is -0.316 e. The summed E-state index contributed by atoms with van der Waals surface area (Å²) in [4.78, 5) is -0.416. The molecule has 2 aromatic rings. The zero-order valence-electron chi connectivity index (χ0n) is 10.6. The smallest absolute Gasteiger partial charge is 0.243 e. The number of sulfonamides is 1. The van der Waals surface area contributed by atoms with E-state index >= 15 is 0 Å². The number of halogens is 1. The first-order valence-corrected chi connectivity index (χ1v) is 7.16. The van der Waals surface area contributed by atoms with Crippen molar-refractivity contribution in [3.05, 3.63) is 35.4 Å². The van der Waals surface area contributed by atoms with Crippen LogP contribution >= 0.6 is 0 Å². The van der Waals surface area contributed by atoms with E-state index < -0.39 is 20.7 Å². The number of aromatic amines is 1. The first-order chi connectivity index (χ1) is 9.53. The molecular formula is C10H13FN6O2S. The SMILES string of the molecule is CNCc1ccc(S(=O)(=O)NCc2nn[nH]n2)c(F)c1. The molecule has 0 aliphatic heterocycles. The summed E-state index contributed by atoms with van der Waals surface area (Å²) in [5, 5.41) is 15.5. The number of nitrogens with one attached hydrogen (secondary N) is 3. The van der Waals surface area contributed by atoms with E-state index in [2.05, 4.69) is 30.7 Å². The molecule has 0 aliphatic carbocycles. The predicted molar refractivity (Wildman–Crippen MR) is 67.4 cm³/mol. The molecule has 2 rings (SSSR count). The molecule has 8 nitrogen and oxygen atoms in total. The molecule has 0 spiro atoms. The largest absolute Gasteiger partial charge is 0.316 e. The maximum atomic E-state index is 13.8. The van der Waals surface area contributed by atoms with Gasteiger partial charge in [-0.2, -0.15) is 5.21 Å². The minimum atomic E-state index is -3.97. The highest BCUT2D eigenvalue weighted by Gasteiger charge is 2.19. The average molecular weight is 300 g/mol. The van der Waals surface area contributed by atoms with Gasteiger partial charge in [0.15, 0.2) is 5.82 Å². The van der Waals surface area contributed by atoms with Crippen LogP contribution in [0.2, 0.25) is 0 Å². The molecule has 10 heteroatoms. The van der Waals surface area contributed by atoms with E-state index in [0.717, 1.165) is 0 Å². The van der Waals surface area contributed by atoms with Crippen LogP contribution in [-0.4, -0.2) is 36.1 Å². The molecule has 0 saturated heterocycles. The Kier molecular flexibility index (Phi) is 4.37. The van der Waals surface area contributed by atoms with Gasteiger partial charge in [-0.25, -0.2) is 17.5 Å². The van der Waals surface area contributed by atoms with E-state index in [9.17, 15) is 12.8 Å². The quantitative estimate of drug-likeness (QED) is 0.665. The Labute approximate surface area is 114 Å². The molecular weight excluding hydrogens is 287 g/mol. The van der Waals surface area contributed by atoms with Crippen LogP contribution in [0.25, 0.3) is 0 Å². The number of tetrazole rings is 1. The second-order valence-corrected chi connectivity index (χ2v) is 5.68. The van der Waals surface area contributed by atoms with E-state index in [4.69, 9.17) is 0 Å². The van der Waals surface area contributed by atoms with E-state index in [1.165, 1.54) is 12.1 Å². The highest BCUT2D eigenvalue weighted by molar-refractivity contribution is 7.89. The number of H-pyrrole nitrogens is 1. The van der Waals surface area contributed by atoms with Gasteiger partial charge < -0.3 is 5.32 Å². The summed E-state index contributed by atoms with van der Waals surface area (Å²) >= 11 is 0. The van der Waals surface area contributed by atoms with Gasteiger partial charge in [0.1, 0.15) is 10.7 Å². The first kappa shape index (κ1) is 14.5. The monoisotopic (exact) mass is 300 g/mol. The molecule has 1 aromatic heterocycles. The standard InChI is InChI=1S/C10H13FN6O2S/c1-12-5-7-2-3-9(8(11)4-7)20(18,19)13-6-10-14-16-17-15-10/h2-4,12-13H,5-6H2,1H3,(H,14,15,16,17). The third-order valence-corrected chi connectivity index (χ3v) is 3.91. The van der Waals surface area contributed by atoms with Gasteiger partial charge >= 0.3 is 0 Å². The third kappa shape index (κ3) is 3.35. The van der Waals surface area contributed by atoms with Crippen LogP contribution < -0.4 is 10.0 Å². The zero-order valence-corrected chi connectivity index (χ0v) is 11.4. The van der Waals surface area contributed by atoms with Gasteiger partial charge in [0.05, 0.1) is 6.54 Å².